The van der Waals surface area contributed by atoms with Gasteiger partial charge in [-0.1, -0.05) is 52.7 Å². The number of benzene rings is 2. The summed E-state index contributed by atoms with van der Waals surface area (Å²) in [4.78, 5) is 27.8. The summed E-state index contributed by atoms with van der Waals surface area (Å²) in [7, 11) is -3.81. The van der Waals surface area contributed by atoms with E-state index in [1.54, 1.807) is 32.0 Å². The highest BCUT2D eigenvalue weighted by molar-refractivity contribution is 9.10. The van der Waals surface area contributed by atoms with Crippen LogP contribution < -0.4 is 9.62 Å². The number of carbonyl (C=O) groups is 2. The van der Waals surface area contributed by atoms with Gasteiger partial charge in [-0.25, -0.2) is 8.42 Å². The van der Waals surface area contributed by atoms with Gasteiger partial charge in [-0.05, 0) is 62.6 Å². The molecule has 0 aliphatic carbocycles. The molecule has 2 aromatic rings. The van der Waals surface area contributed by atoms with E-state index in [-0.39, 0.29) is 18.5 Å². The Hall–Kier alpha value is -2.10. The minimum absolute atomic E-state index is 0.0544. The number of nitrogens with zero attached hydrogens (tertiary/aromatic N) is 2. The number of rotatable bonds is 10. The zero-order chi connectivity index (χ0) is 25.6. The molecule has 0 radical (unpaired) electrons. The van der Waals surface area contributed by atoms with Crippen LogP contribution in [-0.2, 0) is 26.2 Å². The van der Waals surface area contributed by atoms with Crippen LogP contribution in [0.1, 0.15) is 38.3 Å². The molecule has 0 bridgehead atoms. The second-order valence-corrected chi connectivity index (χ2v) is 11.5. The van der Waals surface area contributed by atoms with Crippen molar-refractivity contribution in [3.05, 3.63) is 63.1 Å². The molecular formula is C24H31BrClN3O4S. The van der Waals surface area contributed by atoms with Crippen molar-refractivity contribution < 1.29 is 18.0 Å². The number of halogens is 2. The van der Waals surface area contributed by atoms with E-state index in [0.29, 0.717) is 16.3 Å². The Morgan fingerprint density at radius 1 is 1.12 bits per heavy atom. The summed E-state index contributed by atoms with van der Waals surface area (Å²) in [6.07, 6.45) is 1.79. The van der Waals surface area contributed by atoms with Crippen LogP contribution in [0.25, 0.3) is 0 Å². The van der Waals surface area contributed by atoms with Gasteiger partial charge in [0.1, 0.15) is 12.6 Å². The van der Waals surface area contributed by atoms with Gasteiger partial charge in [0.15, 0.2) is 0 Å². The van der Waals surface area contributed by atoms with Crippen LogP contribution in [0.4, 0.5) is 5.69 Å². The highest BCUT2D eigenvalue weighted by atomic mass is 79.9. The van der Waals surface area contributed by atoms with E-state index in [2.05, 4.69) is 21.2 Å². The Kier molecular flexibility index (Phi) is 9.96. The van der Waals surface area contributed by atoms with Crippen LogP contribution in [0.15, 0.2) is 46.9 Å². The van der Waals surface area contributed by atoms with Gasteiger partial charge < -0.3 is 10.2 Å². The summed E-state index contributed by atoms with van der Waals surface area (Å²) in [5, 5.41) is 3.30. The van der Waals surface area contributed by atoms with Gasteiger partial charge in [0.2, 0.25) is 21.8 Å². The predicted molar refractivity (Wildman–Crippen MR) is 140 cm³/mol. The Morgan fingerprint density at radius 2 is 1.74 bits per heavy atom. The van der Waals surface area contributed by atoms with Gasteiger partial charge in [0.05, 0.1) is 11.9 Å². The van der Waals surface area contributed by atoms with E-state index in [1.807, 2.05) is 38.1 Å². The van der Waals surface area contributed by atoms with Crippen molar-refractivity contribution in [1.29, 1.82) is 0 Å². The average Bonchev–Trinajstić information content (AvgIpc) is 2.77. The van der Waals surface area contributed by atoms with E-state index >= 15 is 0 Å². The molecule has 0 saturated heterocycles. The summed E-state index contributed by atoms with van der Waals surface area (Å²) < 4.78 is 27.2. The van der Waals surface area contributed by atoms with E-state index in [4.69, 9.17) is 11.6 Å². The van der Waals surface area contributed by atoms with E-state index in [0.717, 1.165) is 27.0 Å². The van der Waals surface area contributed by atoms with Gasteiger partial charge in [0, 0.05) is 22.1 Å². The van der Waals surface area contributed by atoms with Crippen molar-refractivity contribution in [3.8, 4) is 0 Å². The highest BCUT2D eigenvalue weighted by Crippen LogP contribution is 2.28. The normalized spacial score (nSPS) is 13.1. The van der Waals surface area contributed by atoms with Gasteiger partial charge in [-0.2, -0.15) is 0 Å². The topological polar surface area (TPSA) is 86.8 Å². The molecule has 0 aliphatic heterocycles. The summed E-state index contributed by atoms with van der Waals surface area (Å²) >= 11 is 9.60. The predicted octanol–water partition coefficient (Wildman–Crippen LogP) is 4.51. The summed E-state index contributed by atoms with van der Waals surface area (Å²) in [6.45, 7) is 6.87. The van der Waals surface area contributed by atoms with Crippen LogP contribution >= 0.6 is 27.5 Å². The molecule has 2 amide bonds. The zero-order valence-electron chi connectivity index (χ0n) is 20.0. The molecule has 1 N–H and O–H groups in total. The first-order valence-electron chi connectivity index (χ1n) is 10.9. The minimum atomic E-state index is -3.81. The van der Waals surface area contributed by atoms with Crippen LogP contribution in [-0.4, -0.2) is 50.0 Å². The smallest absolute Gasteiger partial charge is 0.244 e. The average molecular weight is 573 g/mol. The fourth-order valence-corrected chi connectivity index (χ4v) is 4.63. The van der Waals surface area contributed by atoms with Gasteiger partial charge >= 0.3 is 0 Å². The lowest BCUT2D eigenvalue weighted by Crippen LogP contribution is -2.52. The van der Waals surface area contributed by atoms with Crippen LogP contribution in [0.2, 0.25) is 5.02 Å². The van der Waals surface area contributed by atoms with Gasteiger partial charge in [-0.3, -0.25) is 13.9 Å². The summed E-state index contributed by atoms with van der Waals surface area (Å²) in [6, 6.07) is 11.4. The first-order chi connectivity index (χ1) is 15.8. The van der Waals surface area contributed by atoms with Crippen LogP contribution in [0.3, 0.4) is 0 Å². The molecule has 2 aromatic carbocycles. The first kappa shape index (κ1) is 28.1. The highest BCUT2D eigenvalue weighted by Gasteiger charge is 2.31. The summed E-state index contributed by atoms with van der Waals surface area (Å²) in [5.74, 6) is -0.802. The number of nitrogens with one attached hydrogen (secondary N) is 1. The second-order valence-electron chi connectivity index (χ2n) is 8.30. The number of sulfonamides is 1. The fourth-order valence-electron chi connectivity index (χ4n) is 3.30. The Bertz CT molecular complexity index is 1130. The Balaban J connectivity index is 2.42. The fraction of sp³-hybridized carbons (Fsp3) is 0.417. The number of amides is 2. The molecule has 0 saturated carbocycles. The molecule has 0 fully saturated rings. The summed E-state index contributed by atoms with van der Waals surface area (Å²) in [5.41, 5.74) is 1.68. The molecule has 0 heterocycles. The van der Waals surface area contributed by atoms with Crippen molar-refractivity contribution in [2.45, 2.75) is 52.7 Å². The molecule has 0 spiro atoms. The number of anilines is 1. The molecule has 2 atom stereocenters. The van der Waals surface area contributed by atoms with Crippen molar-refractivity contribution in [2.75, 3.05) is 17.1 Å². The molecular weight excluding hydrogens is 542 g/mol. The third kappa shape index (κ3) is 7.45. The van der Waals surface area contributed by atoms with Crippen molar-refractivity contribution in [2.24, 2.45) is 0 Å². The third-order valence-electron chi connectivity index (χ3n) is 5.62. The van der Waals surface area contributed by atoms with Gasteiger partial charge in [-0.15, -0.1) is 0 Å². The Morgan fingerprint density at radius 3 is 2.29 bits per heavy atom. The van der Waals surface area contributed by atoms with E-state index in [9.17, 15) is 18.0 Å². The lowest BCUT2D eigenvalue weighted by Gasteiger charge is -2.32. The maximum Gasteiger partial charge on any atom is 0.244 e. The molecule has 0 unspecified atom stereocenters. The van der Waals surface area contributed by atoms with Crippen LogP contribution in [0, 0.1) is 6.92 Å². The molecule has 10 heteroatoms. The second kappa shape index (κ2) is 12.0. The number of hydrogen-bond acceptors (Lipinski definition) is 4. The monoisotopic (exact) mass is 571 g/mol. The van der Waals surface area contributed by atoms with E-state index < -0.39 is 28.5 Å². The molecule has 2 rings (SSSR count). The molecule has 0 aromatic heterocycles. The lowest BCUT2D eigenvalue weighted by atomic mass is 10.1. The molecule has 0 aliphatic rings. The third-order valence-corrected chi connectivity index (χ3v) is 7.69. The van der Waals surface area contributed by atoms with Gasteiger partial charge in [0.25, 0.3) is 0 Å². The maximum absolute atomic E-state index is 13.5. The van der Waals surface area contributed by atoms with E-state index in [1.165, 1.54) is 4.90 Å². The first-order valence-corrected chi connectivity index (χ1v) is 13.9. The van der Waals surface area contributed by atoms with Crippen molar-refractivity contribution in [3.63, 3.8) is 0 Å². The maximum atomic E-state index is 13.5. The van der Waals surface area contributed by atoms with Crippen molar-refractivity contribution >= 4 is 55.1 Å². The zero-order valence-corrected chi connectivity index (χ0v) is 23.2. The quantitative estimate of drug-likeness (QED) is 0.454. The number of carbonyl (C=O) groups excluding carboxylic acids is 2. The SMILES string of the molecule is CC[C@@H](C)NC(=O)[C@H](C)N(Cc1ccc(Br)cc1)C(=O)CN(c1cccc(Cl)c1C)S(C)(=O)=O. The largest absolute Gasteiger partial charge is 0.352 e. The minimum Gasteiger partial charge on any atom is -0.352 e. The lowest BCUT2D eigenvalue weighted by molar-refractivity contribution is -0.139. The molecule has 7 nitrogen and oxygen atoms in total. The molecule has 186 valence electrons. The number of hydrogen-bond donors (Lipinski definition) is 1. The van der Waals surface area contributed by atoms with Crippen LogP contribution in [0.5, 0.6) is 0 Å². The standard InChI is InChI=1S/C24H31BrClN3O4S/c1-6-16(2)27-24(31)18(4)28(14-19-10-12-20(25)13-11-19)23(30)15-29(34(5,32)33)22-9-7-8-21(26)17(22)3/h7-13,16,18H,6,14-15H2,1-5H3,(H,27,31)/t16-,18+/m1/s1. The Labute approximate surface area is 215 Å². The molecule has 34 heavy (non-hydrogen) atoms. The van der Waals surface area contributed by atoms with Crippen molar-refractivity contribution in [1.82, 2.24) is 10.2 Å².